The maximum Gasteiger partial charge on any atom is 0.294 e. The Bertz CT molecular complexity index is 1380. The van der Waals surface area contributed by atoms with Crippen LogP contribution in [-0.4, -0.2) is 42.3 Å². The first-order chi connectivity index (χ1) is 17.1. The minimum Gasteiger partial charge on any atom is -0.497 e. The van der Waals surface area contributed by atoms with E-state index in [0.717, 1.165) is 25.8 Å². The van der Waals surface area contributed by atoms with Crippen molar-refractivity contribution < 1.29 is 14.3 Å². The molecular formula is C28H34N4O4. The van der Waals surface area contributed by atoms with Crippen molar-refractivity contribution in [2.45, 2.75) is 52.6 Å². The van der Waals surface area contributed by atoms with E-state index >= 15 is 0 Å². The molecule has 2 heterocycles. The molecule has 5 rings (SSSR count). The molecule has 1 amide bonds. The van der Waals surface area contributed by atoms with Crippen LogP contribution >= 0.6 is 0 Å². The van der Waals surface area contributed by atoms with Gasteiger partial charge in [0, 0.05) is 18.7 Å². The van der Waals surface area contributed by atoms with Crippen LogP contribution in [-0.2, 0) is 11.3 Å². The number of hydrogen-bond donors (Lipinski definition) is 1. The molecule has 2 fully saturated rings. The van der Waals surface area contributed by atoms with Crippen LogP contribution in [0.15, 0.2) is 47.3 Å². The number of methoxy groups -OCH3 is 2. The number of ether oxygens (including phenoxy) is 2. The molecule has 36 heavy (non-hydrogen) atoms. The summed E-state index contributed by atoms with van der Waals surface area (Å²) < 4.78 is 12.2. The third kappa shape index (κ3) is 4.40. The molecule has 0 spiro atoms. The third-order valence-electron chi connectivity index (χ3n) is 7.50. The summed E-state index contributed by atoms with van der Waals surface area (Å²) >= 11 is 0. The van der Waals surface area contributed by atoms with E-state index in [1.165, 1.54) is 4.57 Å². The number of hydrogen-bond acceptors (Lipinski definition) is 6. The number of aromatic nitrogens is 2. The van der Waals surface area contributed by atoms with E-state index in [-0.39, 0.29) is 34.9 Å². The molecular weight excluding hydrogens is 456 g/mol. The number of carbonyl (C=O) groups is 1. The number of nitrogens with zero attached hydrogens (tertiary/aromatic N) is 3. The second kappa shape index (κ2) is 8.84. The highest BCUT2D eigenvalue weighted by molar-refractivity contribution is 5.93. The van der Waals surface area contributed by atoms with E-state index in [1.807, 2.05) is 24.3 Å². The summed E-state index contributed by atoms with van der Waals surface area (Å²) in [6.45, 7) is 7.59. The average molecular weight is 491 g/mol. The smallest absolute Gasteiger partial charge is 0.294 e. The topological polar surface area (TPSA) is 85.7 Å². The second-order valence-electron chi connectivity index (χ2n) is 11.3. The lowest BCUT2D eigenvalue weighted by atomic mass is 9.65. The maximum atomic E-state index is 13.9. The number of amides is 1. The van der Waals surface area contributed by atoms with Gasteiger partial charge in [0.2, 0.25) is 5.91 Å². The van der Waals surface area contributed by atoms with Gasteiger partial charge in [-0.2, -0.15) is 0 Å². The van der Waals surface area contributed by atoms with Gasteiger partial charge in [0.15, 0.2) is 5.82 Å². The van der Waals surface area contributed by atoms with Gasteiger partial charge in [-0.3, -0.25) is 14.2 Å². The molecule has 2 aliphatic rings. The van der Waals surface area contributed by atoms with Crippen LogP contribution in [0, 0.1) is 10.8 Å². The van der Waals surface area contributed by atoms with E-state index in [2.05, 4.69) is 31.0 Å². The van der Waals surface area contributed by atoms with E-state index in [4.69, 9.17) is 14.5 Å². The van der Waals surface area contributed by atoms with Gasteiger partial charge in [0.05, 0.1) is 30.9 Å². The first kappa shape index (κ1) is 24.2. The molecule has 0 unspecified atom stereocenters. The Hall–Kier alpha value is -3.55. The molecule has 2 atom stereocenters. The quantitative estimate of drug-likeness (QED) is 0.549. The number of para-hydroxylation sites is 2. The van der Waals surface area contributed by atoms with E-state index in [9.17, 15) is 9.59 Å². The number of benzene rings is 2. The number of fused-ring (bicyclic) bond motifs is 3. The Balaban J connectivity index is 1.51. The van der Waals surface area contributed by atoms with Gasteiger partial charge in [-0.25, -0.2) is 4.98 Å². The minimum absolute atomic E-state index is 0.142. The van der Waals surface area contributed by atoms with Gasteiger partial charge >= 0.3 is 0 Å². The molecule has 2 aromatic carbocycles. The summed E-state index contributed by atoms with van der Waals surface area (Å²) in [7, 11) is 3.10. The SMILES string of the molecule is COc1ccc(OC)c(NC(=O)Cn2c(=O)c(N3C[C@@]4(C)C[C@H]3CC(C)(C)C4)nc3ccccc32)c1. The fourth-order valence-corrected chi connectivity index (χ4v) is 6.48. The maximum absolute atomic E-state index is 13.9. The standard InChI is InChI=1S/C28H34N4O4/c1-27(2)13-18-14-28(3,16-27)17-32(18)25-26(34)31(22-9-7-6-8-20(22)30-25)15-24(33)29-21-12-19(35-4)10-11-23(21)36-5/h6-12,18H,13-17H2,1-5H3,(H,29,33)/t18-,28+/m1/s1. The lowest BCUT2D eigenvalue weighted by molar-refractivity contribution is -0.116. The predicted molar refractivity (Wildman–Crippen MR) is 141 cm³/mol. The Kier molecular flexibility index (Phi) is 5.93. The van der Waals surface area contributed by atoms with Crippen molar-refractivity contribution in [1.82, 2.24) is 9.55 Å². The molecule has 8 heteroatoms. The summed E-state index contributed by atoms with van der Waals surface area (Å²) in [4.78, 5) is 34.1. The number of carbonyl (C=O) groups excluding carboxylic acids is 1. The lowest BCUT2D eigenvalue weighted by Gasteiger charge is -2.39. The van der Waals surface area contributed by atoms with Crippen LogP contribution in [0.4, 0.5) is 11.5 Å². The van der Waals surface area contributed by atoms with Crippen molar-refractivity contribution in [3.05, 3.63) is 52.8 Å². The molecule has 0 radical (unpaired) electrons. The highest BCUT2D eigenvalue weighted by Gasteiger charge is 2.50. The monoisotopic (exact) mass is 490 g/mol. The van der Waals surface area contributed by atoms with Gasteiger partial charge < -0.3 is 19.7 Å². The van der Waals surface area contributed by atoms with Crippen LogP contribution in [0.1, 0.15) is 40.0 Å². The first-order valence-electron chi connectivity index (χ1n) is 12.4. The Morgan fingerprint density at radius 3 is 2.64 bits per heavy atom. The third-order valence-corrected chi connectivity index (χ3v) is 7.50. The highest BCUT2D eigenvalue weighted by Crippen LogP contribution is 2.53. The lowest BCUT2D eigenvalue weighted by Crippen LogP contribution is -2.39. The largest absolute Gasteiger partial charge is 0.497 e. The fourth-order valence-electron chi connectivity index (χ4n) is 6.48. The zero-order valence-electron chi connectivity index (χ0n) is 21.6. The minimum atomic E-state index is -0.334. The van der Waals surface area contributed by atoms with E-state index in [0.29, 0.717) is 34.0 Å². The Morgan fingerprint density at radius 2 is 1.89 bits per heavy atom. The van der Waals surface area contributed by atoms with Crippen molar-refractivity contribution in [2.24, 2.45) is 10.8 Å². The van der Waals surface area contributed by atoms with E-state index < -0.39 is 0 Å². The fraction of sp³-hybridized carbons (Fsp3) is 0.464. The van der Waals surface area contributed by atoms with Crippen molar-refractivity contribution in [3.63, 3.8) is 0 Å². The number of anilines is 2. The normalized spacial score (nSPS) is 22.5. The molecule has 1 N–H and O–H groups in total. The summed E-state index contributed by atoms with van der Waals surface area (Å²) in [6.07, 6.45) is 3.20. The molecule has 2 bridgehead atoms. The summed E-state index contributed by atoms with van der Waals surface area (Å²) in [5.74, 6) is 1.21. The summed E-state index contributed by atoms with van der Waals surface area (Å²) in [5.41, 5.74) is 1.94. The summed E-state index contributed by atoms with van der Waals surface area (Å²) in [5, 5.41) is 2.88. The van der Waals surface area contributed by atoms with Crippen LogP contribution in [0.5, 0.6) is 11.5 Å². The van der Waals surface area contributed by atoms with Crippen molar-refractivity contribution in [3.8, 4) is 11.5 Å². The highest BCUT2D eigenvalue weighted by atomic mass is 16.5. The molecule has 8 nitrogen and oxygen atoms in total. The van der Waals surface area contributed by atoms with E-state index in [1.54, 1.807) is 32.4 Å². The second-order valence-corrected chi connectivity index (χ2v) is 11.3. The van der Waals surface area contributed by atoms with Gasteiger partial charge in [0.25, 0.3) is 5.56 Å². The predicted octanol–water partition coefficient (Wildman–Crippen LogP) is 4.46. The zero-order chi connectivity index (χ0) is 25.7. The molecule has 1 aliphatic heterocycles. The van der Waals surface area contributed by atoms with Gasteiger partial charge in [-0.15, -0.1) is 0 Å². The average Bonchev–Trinajstić information content (AvgIpc) is 3.08. The Labute approximate surface area is 211 Å². The van der Waals surface area contributed by atoms with Crippen molar-refractivity contribution in [1.29, 1.82) is 0 Å². The van der Waals surface area contributed by atoms with Crippen LogP contribution < -0.4 is 25.2 Å². The molecule has 1 aromatic heterocycles. The first-order valence-corrected chi connectivity index (χ1v) is 12.4. The molecule has 190 valence electrons. The van der Waals surface area contributed by atoms with Crippen LogP contribution in [0.25, 0.3) is 11.0 Å². The van der Waals surface area contributed by atoms with Crippen LogP contribution in [0.2, 0.25) is 0 Å². The van der Waals surface area contributed by atoms with Crippen molar-refractivity contribution >= 4 is 28.4 Å². The van der Waals surface area contributed by atoms with Gasteiger partial charge in [0.1, 0.15) is 18.0 Å². The zero-order valence-corrected chi connectivity index (χ0v) is 21.6. The molecule has 1 aliphatic carbocycles. The van der Waals surface area contributed by atoms with Gasteiger partial charge in [-0.1, -0.05) is 32.9 Å². The Morgan fingerprint density at radius 1 is 1.11 bits per heavy atom. The molecule has 1 saturated carbocycles. The molecule has 3 aromatic rings. The van der Waals surface area contributed by atoms with Crippen molar-refractivity contribution in [2.75, 3.05) is 31.0 Å². The number of nitrogens with one attached hydrogen (secondary N) is 1. The van der Waals surface area contributed by atoms with Crippen LogP contribution in [0.3, 0.4) is 0 Å². The molecule has 1 saturated heterocycles. The van der Waals surface area contributed by atoms with Gasteiger partial charge in [-0.05, 0) is 54.4 Å². The summed E-state index contributed by atoms with van der Waals surface area (Å²) in [6, 6.07) is 12.9. The number of rotatable bonds is 6.